The molecule has 0 saturated carbocycles. The van der Waals surface area contributed by atoms with Crippen LogP contribution < -0.4 is 10.3 Å². The summed E-state index contributed by atoms with van der Waals surface area (Å²) < 4.78 is 5.23. The molecule has 3 amide bonds. The molecule has 0 spiro atoms. The standard InChI is InChI=1S/C18H21N3O4S2/c1-10-14(19-20-16(23)27-10)11-5-6-13-12(9-11)18(2,3)15(22)21(13)17(24)25-7-8-26-4/h5-6,9-10H,7-8H2,1-4H3,(H,20,23). The molecule has 2 aliphatic heterocycles. The second kappa shape index (κ2) is 7.55. The molecular weight excluding hydrogens is 386 g/mol. The van der Waals surface area contributed by atoms with E-state index in [2.05, 4.69) is 10.5 Å². The first-order valence-electron chi connectivity index (χ1n) is 8.46. The third-order valence-electron chi connectivity index (χ3n) is 4.58. The fourth-order valence-corrected chi connectivity index (χ4v) is 4.06. The molecule has 0 fully saturated rings. The summed E-state index contributed by atoms with van der Waals surface area (Å²) in [5.74, 6) is 0.356. The van der Waals surface area contributed by atoms with Gasteiger partial charge in [-0.2, -0.15) is 16.9 Å². The van der Waals surface area contributed by atoms with E-state index in [4.69, 9.17) is 4.74 Å². The van der Waals surface area contributed by atoms with E-state index >= 15 is 0 Å². The van der Waals surface area contributed by atoms with E-state index in [9.17, 15) is 14.4 Å². The van der Waals surface area contributed by atoms with Gasteiger partial charge < -0.3 is 4.74 Å². The highest BCUT2D eigenvalue weighted by Crippen LogP contribution is 2.42. The van der Waals surface area contributed by atoms with E-state index in [-0.39, 0.29) is 23.0 Å². The summed E-state index contributed by atoms with van der Waals surface area (Å²) in [7, 11) is 0. The minimum Gasteiger partial charge on any atom is -0.448 e. The Kier molecular flexibility index (Phi) is 5.53. The molecule has 1 aromatic rings. The van der Waals surface area contributed by atoms with E-state index in [0.717, 1.165) is 33.5 Å². The van der Waals surface area contributed by atoms with Gasteiger partial charge in [0.1, 0.15) is 6.61 Å². The van der Waals surface area contributed by atoms with Crippen LogP contribution in [0.3, 0.4) is 0 Å². The topological polar surface area (TPSA) is 88.1 Å². The van der Waals surface area contributed by atoms with Gasteiger partial charge >= 0.3 is 6.09 Å². The van der Waals surface area contributed by atoms with Crippen molar-refractivity contribution in [3.63, 3.8) is 0 Å². The number of carbonyl (C=O) groups is 3. The number of ether oxygens (including phenoxy) is 1. The molecule has 27 heavy (non-hydrogen) atoms. The number of imide groups is 1. The van der Waals surface area contributed by atoms with Crippen LogP contribution >= 0.6 is 23.5 Å². The Morgan fingerprint density at radius 2 is 2.15 bits per heavy atom. The largest absolute Gasteiger partial charge is 0.448 e. The van der Waals surface area contributed by atoms with Crippen molar-refractivity contribution in [1.29, 1.82) is 0 Å². The average molecular weight is 408 g/mol. The zero-order valence-corrected chi connectivity index (χ0v) is 17.2. The van der Waals surface area contributed by atoms with Crippen LogP contribution in [0.4, 0.5) is 15.3 Å². The van der Waals surface area contributed by atoms with Gasteiger partial charge in [0, 0.05) is 5.75 Å². The number of benzene rings is 1. The molecule has 144 valence electrons. The summed E-state index contributed by atoms with van der Waals surface area (Å²) in [4.78, 5) is 37.9. The Morgan fingerprint density at radius 1 is 1.41 bits per heavy atom. The van der Waals surface area contributed by atoms with Gasteiger partial charge in [-0.05, 0) is 50.3 Å². The van der Waals surface area contributed by atoms with Crippen LogP contribution in [0.15, 0.2) is 23.3 Å². The molecule has 1 aromatic carbocycles. The van der Waals surface area contributed by atoms with E-state index < -0.39 is 11.5 Å². The summed E-state index contributed by atoms with van der Waals surface area (Å²) >= 11 is 2.72. The summed E-state index contributed by atoms with van der Waals surface area (Å²) in [6.45, 7) is 5.73. The SMILES string of the molecule is CSCCOC(=O)N1C(=O)C(C)(C)c2cc(C3=NNC(=O)SC3C)ccc21. The van der Waals surface area contributed by atoms with Crippen molar-refractivity contribution >= 4 is 52.2 Å². The van der Waals surface area contributed by atoms with Gasteiger partial charge in [-0.1, -0.05) is 17.8 Å². The quantitative estimate of drug-likeness (QED) is 0.770. The van der Waals surface area contributed by atoms with Crippen molar-refractivity contribution in [3.8, 4) is 0 Å². The molecule has 1 unspecified atom stereocenters. The predicted molar refractivity (Wildman–Crippen MR) is 109 cm³/mol. The molecular formula is C18H21N3O4S2. The zero-order chi connectivity index (χ0) is 19.8. The molecule has 1 atom stereocenters. The fraction of sp³-hybridized carbons (Fsp3) is 0.444. The van der Waals surface area contributed by atoms with Crippen molar-refractivity contribution in [2.24, 2.45) is 5.10 Å². The summed E-state index contributed by atoms with van der Waals surface area (Å²) in [6.07, 6.45) is 1.27. The lowest BCUT2D eigenvalue weighted by Crippen LogP contribution is -2.40. The molecule has 2 heterocycles. The lowest BCUT2D eigenvalue weighted by molar-refractivity contribution is -0.121. The lowest BCUT2D eigenvalue weighted by atomic mass is 9.85. The summed E-state index contributed by atoms with van der Waals surface area (Å²) in [5, 5.41) is 3.86. The second-order valence-electron chi connectivity index (χ2n) is 6.76. The first kappa shape index (κ1) is 19.8. The Labute approximate surface area is 166 Å². The first-order valence-corrected chi connectivity index (χ1v) is 10.7. The Morgan fingerprint density at radius 3 is 2.81 bits per heavy atom. The number of hydrogen-bond donors (Lipinski definition) is 1. The van der Waals surface area contributed by atoms with Gasteiger partial charge in [-0.25, -0.2) is 15.1 Å². The van der Waals surface area contributed by atoms with Crippen LogP contribution in [0.25, 0.3) is 0 Å². The number of nitrogens with one attached hydrogen (secondary N) is 1. The molecule has 0 bridgehead atoms. The van der Waals surface area contributed by atoms with Crippen LogP contribution in [-0.2, 0) is 14.9 Å². The lowest BCUT2D eigenvalue weighted by Gasteiger charge is -2.20. The van der Waals surface area contributed by atoms with E-state index in [1.807, 2.05) is 25.3 Å². The van der Waals surface area contributed by atoms with Crippen LogP contribution in [-0.4, -0.2) is 46.8 Å². The smallest absolute Gasteiger partial charge is 0.421 e. The Balaban J connectivity index is 1.95. The molecule has 0 radical (unpaired) electrons. The highest BCUT2D eigenvalue weighted by molar-refractivity contribution is 8.14. The number of thioether (sulfide) groups is 2. The number of anilines is 1. The van der Waals surface area contributed by atoms with Crippen molar-refractivity contribution in [2.45, 2.75) is 31.4 Å². The molecule has 0 aromatic heterocycles. The third-order valence-corrected chi connectivity index (χ3v) is 6.03. The predicted octanol–water partition coefficient (Wildman–Crippen LogP) is 3.36. The number of fused-ring (bicyclic) bond motifs is 1. The van der Waals surface area contributed by atoms with Crippen molar-refractivity contribution < 1.29 is 19.1 Å². The van der Waals surface area contributed by atoms with E-state index in [1.54, 1.807) is 31.7 Å². The highest BCUT2D eigenvalue weighted by atomic mass is 32.2. The van der Waals surface area contributed by atoms with E-state index in [1.165, 1.54) is 0 Å². The minimum absolute atomic E-state index is 0.107. The maximum absolute atomic E-state index is 12.9. The first-order chi connectivity index (χ1) is 12.8. The number of carbonyl (C=O) groups excluding carboxylic acids is 3. The minimum atomic E-state index is -0.862. The molecule has 0 aliphatic carbocycles. The van der Waals surface area contributed by atoms with Crippen molar-refractivity contribution in [1.82, 2.24) is 5.43 Å². The number of amides is 3. The number of hydrogen-bond acceptors (Lipinski definition) is 7. The van der Waals surface area contributed by atoms with Gasteiger partial charge in [0.05, 0.1) is 22.1 Å². The van der Waals surface area contributed by atoms with Crippen molar-refractivity contribution in [2.75, 3.05) is 23.5 Å². The monoisotopic (exact) mass is 407 g/mol. The van der Waals surface area contributed by atoms with Gasteiger partial charge in [0.25, 0.3) is 5.24 Å². The van der Waals surface area contributed by atoms with Crippen LogP contribution in [0.5, 0.6) is 0 Å². The summed E-state index contributed by atoms with van der Waals surface area (Å²) in [5.41, 5.74) is 4.42. The van der Waals surface area contributed by atoms with Crippen LogP contribution in [0.1, 0.15) is 31.9 Å². The van der Waals surface area contributed by atoms with Crippen LogP contribution in [0.2, 0.25) is 0 Å². The number of nitrogens with zero attached hydrogens (tertiary/aromatic N) is 2. The molecule has 7 nitrogen and oxygen atoms in total. The number of hydrazone groups is 1. The van der Waals surface area contributed by atoms with E-state index in [0.29, 0.717) is 11.4 Å². The van der Waals surface area contributed by atoms with Crippen molar-refractivity contribution in [3.05, 3.63) is 29.3 Å². The highest BCUT2D eigenvalue weighted by Gasteiger charge is 2.47. The third kappa shape index (κ3) is 3.58. The zero-order valence-electron chi connectivity index (χ0n) is 15.6. The van der Waals surface area contributed by atoms with Gasteiger partial charge in [0.15, 0.2) is 0 Å². The normalized spacial score (nSPS) is 20.8. The molecule has 2 aliphatic rings. The van der Waals surface area contributed by atoms with Crippen LogP contribution in [0, 0.1) is 0 Å². The van der Waals surface area contributed by atoms with Gasteiger partial charge in [0.2, 0.25) is 5.91 Å². The molecule has 1 N–H and O–H groups in total. The molecule has 9 heteroatoms. The van der Waals surface area contributed by atoms with Gasteiger partial charge in [-0.15, -0.1) is 0 Å². The molecule has 3 rings (SSSR count). The number of rotatable bonds is 4. The average Bonchev–Trinajstić information content (AvgIpc) is 2.81. The Hall–Kier alpha value is -2.00. The molecule has 0 saturated heterocycles. The second-order valence-corrected chi connectivity index (χ2v) is 9.06. The maximum Gasteiger partial charge on any atom is 0.421 e. The fourth-order valence-electron chi connectivity index (χ4n) is 3.09. The van der Waals surface area contributed by atoms with Gasteiger partial charge in [-0.3, -0.25) is 9.59 Å². The Bertz CT molecular complexity index is 838. The maximum atomic E-state index is 12.9. The summed E-state index contributed by atoms with van der Waals surface area (Å²) in [6, 6.07) is 5.42.